The highest BCUT2D eigenvalue weighted by Crippen LogP contribution is 2.62. The van der Waals surface area contributed by atoms with Gasteiger partial charge in [-0.05, 0) is 91.0 Å². The van der Waals surface area contributed by atoms with E-state index in [1.807, 2.05) is 6.07 Å². The molecule has 6 heteroatoms. The lowest BCUT2D eigenvalue weighted by Gasteiger charge is -2.30. The lowest BCUT2D eigenvalue weighted by molar-refractivity contribution is 0.307. The molecule has 3 nitrogen and oxygen atoms in total. The van der Waals surface area contributed by atoms with Gasteiger partial charge in [0, 0.05) is 11.6 Å². The lowest BCUT2D eigenvalue weighted by Crippen LogP contribution is -2.22. The van der Waals surface area contributed by atoms with E-state index < -0.39 is 9.84 Å². The minimum atomic E-state index is -3.27. The average molecular weight is 428 g/mol. The molecule has 1 heterocycles. The number of nitrogens with zero attached hydrogens (tertiary/aromatic N) is 1. The fourth-order valence-corrected chi connectivity index (χ4v) is 7.70. The van der Waals surface area contributed by atoms with Gasteiger partial charge in [0.25, 0.3) is 0 Å². The van der Waals surface area contributed by atoms with Crippen molar-refractivity contribution in [1.82, 2.24) is 4.98 Å². The second-order valence-corrected chi connectivity index (χ2v) is 11.0. The third-order valence-corrected chi connectivity index (χ3v) is 9.26. The Bertz CT molecular complexity index is 1200. The molecule has 2 aliphatic rings. The number of rotatable bonds is 4. The number of benzene rings is 2. The number of halogens is 2. The Hall–Kier alpha value is -2.34. The summed E-state index contributed by atoms with van der Waals surface area (Å²) >= 11 is 0. The molecular weight excluding hydrogens is 404 g/mol. The molecule has 3 aromatic rings. The van der Waals surface area contributed by atoms with Crippen molar-refractivity contribution in [2.45, 2.75) is 49.0 Å². The summed E-state index contributed by atoms with van der Waals surface area (Å²) < 4.78 is 52.8. The molecule has 2 aromatic carbocycles. The van der Waals surface area contributed by atoms with E-state index in [1.54, 1.807) is 30.5 Å². The van der Waals surface area contributed by atoms with Crippen LogP contribution in [-0.4, -0.2) is 18.7 Å². The maximum atomic E-state index is 13.8. The number of fused-ring (bicyclic) bond motifs is 1. The summed E-state index contributed by atoms with van der Waals surface area (Å²) in [7, 11) is -3.27. The van der Waals surface area contributed by atoms with Crippen molar-refractivity contribution < 1.29 is 17.2 Å². The predicted molar refractivity (Wildman–Crippen MR) is 113 cm³/mol. The smallest absolute Gasteiger partial charge is 0.157 e. The van der Waals surface area contributed by atoms with E-state index in [-0.39, 0.29) is 28.1 Å². The van der Waals surface area contributed by atoms with E-state index in [9.17, 15) is 17.2 Å². The number of sulfone groups is 1. The minimum Gasteiger partial charge on any atom is -0.256 e. The van der Waals surface area contributed by atoms with Gasteiger partial charge in [-0.15, -0.1) is 0 Å². The van der Waals surface area contributed by atoms with Crippen LogP contribution in [0.1, 0.15) is 49.1 Å². The summed E-state index contributed by atoms with van der Waals surface area (Å²) in [6.45, 7) is 0. The molecular formula is C24H23F2NO2S. The molecule has 2 aliphatic carbocycles. The van der Waals surface area contributed by atoms with Gasteiger partial charge >= 0.3 is 0 Å². The maximum absolute atomic E-state index is 13.8. The normalized spacial score (nSPS) is 26.2. The molecule has 0 aliphatic heterocycles. The SMILES string of the molecule is O=S(=O)(Cc1ccc(F)cc1)C1CC12CCC(c1ccnc3ccc(F)cc13)CC2. The van der Waals surface area contributed by atoms with Crippen LogP contribution in [0.4, 0.5) is 8.78 Å². The van der Waals surface area contributed by atoms with Gasteiger partial charge < -0.3 is 0 Å². The third kappa shape index (κ3) is 3.51. The number of aromatic nitrogens is 1. The first-order chi connectivity index (χ1) is 14.4. The van der Waals surface area contributed by atoms with Crippen LogP contribution >= 0.6 is 0 Å². The summed E-state index contributed by atoms with van der Waals surface area (Å²) in [5.74, 6) is -0.361. The largest absolute Gasteiger partial charge is 0.256 e. The Balaban J connectivity index is 1.30. The Kier molecular flexibility index (Phi) is 4.65. The molecule has 2 saturated carbocycles. The van der Waals surface area contributed by atoms with Crippen LogP contribution in [0.25, 0.3) is 10.9 Å². The van der Waals surface area contributed by atoms with Crippen LogP contribution < -0.4 is 0 Å². The van der Waals surface area contributed by atoms with E-state index in [4.69, 9.17) is 0 Å². The fraction of sp³-hybridized carbons (Fsp3) is 0.375. The van der Waals surface area contributed by atoms with Crippen LogP contribution in [0.3, 0.4) is 0 Å². The molecule has 0 saturated heterocycles. The van der Waals surface area contributed by atoms with Gasteiger partial charge in [0.05, 0.1) is 16.5 Å². The van der Waals surface area contributed by atoms with Crippen LogP contribution in [-0.2, 0) is 15.6 Å². The summed E-state index contributed by atoms with van der Waals surface area (Å²) in [5.41, 5.74) is 2.42. The van der Waals surface area contributed by atoms with Crippen molar-refractivity contribution in [3.8, 4) is 0 Å². The minimum absolute atomic E-state index is 0.0304. The topological polar surface area (TPSA) is 47.0 Å². The molecule has 2 fully saturated rings. The van der Waals surface area contributed by atoms with Crippen LogP contribution in [0.2, 0.25) is 0 Å². The number of pyridine rings is 1. The van der Waals surface area contributed by atoms with Crippen LogP contribution in [0, 0.1) is 17.0 Å². The molecule has 156 valence electrons. The quantitative estimate of drug-likeness (QED) is 0.549. The van der Waals surface area contributed by atoms with E-state index in [2.05, 4.69) is 4.98 Å². The van der Waals surface area contributed by atoms with Crippen molar-refractivity contribution in [2.24, 2.45) is 5.41 Å². The van der Waals surface area contributed by atoms with Gasteiger partial charge in [-0.3, -0.25) is 4.98 Å². The first-order valence-corrected chi connectivity index (χ1v) is 12.1. The first kappa shape index (κ1) is 19.6. The molecule has 30 heavy (non-hydrogen) atoms. The second kappa shape index (κ2) is 7.12. The highest BCUT2D eigenvalue weighted by Gasteiger charge is 2.60. The Morgan fingerprint density at radius 1 is 0.967 bits per heavy atom. The monoisotopic (exact) mass is 427 g/mol. The third-order valence-electron chi connectivity index (χ3n) is 6.99. The molecule has 0 amide bonds. The Morgan fingerprint density at radius 2 is 1.67 bits per heavy atom. The zero-order valence-electron chi connectivity index (χ0n) is 16.5. The van der Waals surface area contributed by atoms with E-state index in [0.29, 0.717) is 11.5 Å². The molecule has 1 unspecified atom stereocenters. The fourth-order valence-electron chi connectivity index (χ4n) is 5.26. The highest BCUT2D eigenvalue weighted by atomic mass is 32.2. The van der Waals surface area contributed by atoms with Crippen molar-refractivity contribution in [2.75, 3.05) is 0 Å². The number of hydrogen-bond acceptors (Lipinski definition) is 3. The Labute approximate surface area is 175 Å². The second-order valence-electron chi connectivity index (χ2n) is 8.82. The first-order valence-electron chi connectivity index (χ1n) is 10.4. The lowest BCUT2D eigenvalue weighted by atomic mass is 9.76. The molecule has 1 atom stereocenters. The van der Waals surface area contributed by atoms with Crippen molar-refractivity contribution in [3.63, 3.8) is 0 Å². The molecule has 0 bridgehead atoms. The summed E-state index contributed by atoms with van der Waals surface area (Å²) in [4.78, 5) is 4.34. The summed E-state index contributed by atoms with van der Waals surface area (Å²) in [5, 5.41) is 0.553. The van der Waals surface area contributed by atoms with Crippen molar-refractivity contribution in [1.29, 1.82) is 0 Å². The Morgan fingerprint density at radius 3 is 2.40 bits per heavy atom. The van der Waals surface area contributed by atoms with Crippen LogP contribution in [0.5, 0.6) is 0 Å². The standard InChI is InChI=1S/C24H23F2NO2S/c25-18-3-1-16(2-4-18)15-30(28,29)23-14-24(23)10-7-17(8-11-24)20-9-12-27-22-6-5-19(26)13-21(20)22/h1-6,9,12-13,17,23H,7-8,10-11,14-15H2. The van der Waals surface area contributed by atoms with Gasteiger partial charge in [0.15, 0.2) is 9.84 Å². The van der Waals surface area contributed by atoms with Gasteiger partial charge in [-0.25, -0.2) is 17.2 Å². The zero-order chi connectivity index (χ0) is 20.9. The number of hydrogen-bond donors (Lipinski definition) is 0. The molecule has 0 radical (unpaired) electrons. The van der Waals surface area contributed by atoms with E-state index in [0.717, 1.165) is 48.6 Å². The van der Waals surface area contributed by atoms with E-state index >= 15 is 0 Å². The van der Waals surface area contributed by atoms with Gasteiger partial charge in [0.2, 0.25) is 0 Å². The average Bonchev–Trinajstić information content (AvgIpc) is 3.44. The predicted octanol–water partition coefficient (Wildman–Crippen LogP) is 5.54. The van der Waals surface area contributed by atoms with Crippen molar-refractivity contribution in [3.05, 3.63) is 77.5 Å². The summed E-state index contributed by atoms with van der Waals surface area (Å²) in [6.07, 6.45) is 6.02. The van der Waals surface area contributed by atoms with Gasteiger partial charge in [0.1, 0.15) is 11.6 Å². The zero-order valence-corrected chi connectivity index (χ0v) is 17.3. The van der Waals surface area contributed by atoms with E-state index in [1.165, 1.54) is 18.2 Å². The summed E-state index contributed by atoms with van der Waals surface area (Å²) in [6, 6.07) is 12.4. The molecule has 5 rings (SSSR count). The van der Waals surface area contributed by atoms with Gasteiger partial charge in [-0.1, -0.05) is 12.1 Å². The molecule has 0 N–H and O–H groups in total. The van der Waals surface area contributed by atoms with Crippen LogP contribution in [0.15, 0.2) is 54.7 Å². The van der Waals surface area contributed by atoms with Crippen molar-refractivity contribution >= 4 is 20.7 Å². The molecule has 1 spiro atoms. The highest BCUT2D eigenvalue weighted by molar-refractivity contribution is 7.91. The maximum Gasteiger partial charge on any atom is 0.157 e. The molecule has 1 aromatic heterocycles. The van der Waals surface area contributed by atoms with Gasteiger partial charge in [-0.2, -0.15) is 0 Å².